The quantitative estimate of drug-likeness (QED) is 0.716. The topological polar surface area (TPSA) is 102 Å². The van der Waals surface area contributed by atoms with E-state index in [1.807, 2.05) is 0 Å². The van der Waals surface area contributed by atoms with Gasteiger partial charge in [0.25, 0.3) is 5.91 Å². The van der Waals surface area contributed by atoms with Gasteiger partial charge in [0.2, 0.25) is 11.7 Å². The monoisotopic (exact) mass is 322 g/mol. The minimum Gasteiger partial charge on any atom is -0.444 e. The highest BCUT2D eigenvalue weighted by atomic mass is 16.5. The molecule has 2 aromatic carbocycles. The van der Waals surface area contributed by atoms with Crippen LogP contribution in [-0.4, -0.2) is 16.9 Å². The highest BCUT2D eigenvalue weighted by molar-refractivity contribution is 6.04. The van der Waals surface area contributed by atoms with Crippen LogP contribution in [0, 0.1) is 0 Å². The first kappa shape index (κ1) is 15.5. The van der Waals surface area contributed by atoms with Crippen molar-refractivity contribution in [2.45, 2.75) is 6.10 Å². The lowest BCUT2D eigenvalue weighted by atomic mass is 10.1. The number of rotatable bonds is 4. The maximum atomic E-state index is 12.5. The van der Waals surface area contributed by atoms with Crippen LogP contribution in [-0.2, 0) is 9.53 Å². The van der Waals surface area contributed by atoms with E-state index in [0.717, 1.165) is 6.07 Å². The molecule has 0 saturated carbocycles. The maximum Gasteiger partial charge on any atom is 0.340 e. The lowest BCUT2D eigenvalue weighted by Crippen LogP contribution is -2.26. The zero-order valence-electron chi connectivity index (χ0n) is 12.6. The third-order valence-corrected chi connectivity index (χ3v) is 3.56. The molecule has 0 spiro atoms. The van der Waals surface area contributed by atoms with Gasteiger partial charge in [-0.1, -0.05) is 48.5 Å². The van der Waals surface area contributed by atoms with Gasteiger partial charge < -0.3 is 15.5 Å². The summed E-state index contributed by atoms with van der Waals surface area (Å²) in [4.78, 5) is 38.6. The number of H-pyrrole nitrogens is 1. The summed E-state index contributed by atoms with van der Waals surface area (Å²) in [5.74, 6) is -1.58. The van der Waals surface area contributed by atoms with Gasteiger partial charge in [-0.25, -0.2) is 4.79 Å². The summed E-state index contributed by atoms with van der Waals surface area (Å²) in [7, 11) is 0. The molecule has 120 valence electrons. The Balaban J connectivity index is 2.00. The molecule has 24 heavy (non-hydrogen) atoms. The van der Waals surface area contributed by atoms with E-state index >= 15 is 0 Å². The minimum absolute atomic E-state index is 0.0801. The third-order valence-electron chi connectivity index (χ3n) is 3.56. The Hall–Kier alpha value is -3.41. The lowest BCUT2D eigenvalue weighted by Gasteiger charge is -2.15. The summed E-state index contributed by atoms with van der Waals surface area (Å²) in [6, 6.07) is 16.5. The summed E-state index contributed by atoms with van der Waals surface area (Å²) >= 11 is 0. The lowest BCUT2D eigenvalue weighted by molar-refractivity contribution is -0.127. The van der Waals surface area contributed by atoms with E-state index in [0.29, 0.717) is 16.5 Å². The largest absolute Gasteiger partial charge is 0.444 e. The Bertz CT molecular complexity index is 963. The molecule has 3 aromatic rings. The normalized spacial score (nSPS) is 11.8. The van der Waals surface area contributed by atoms with E-state index in [-0.39, 0.29) is 5.56 Å². The van der Waals surface area contributed by atoms with Gasteiger partial charge in [-0.3, -0.25) is 9.59 Å². The third kappa shape index (κ3) is 3.03. The van der Waals surface area contributed by atoms with E-state index in [1.54, 1.807) is 54.6 Å². The number of nitrogens with one attached hydrogen (secondary N) is 1. The van der Waals surface area contributed by atoms with Gasteiger partial charge in [0, 0.05) is 22.5 Å². The van der Waals surface area contributed by atoms with Crippen LogP contribution in [0.4, 0.5) is 0 Å². The van der Waals surface area contributed by atoms with Crippen molar-refractivity contribution in [3.05, 3.63) is 82.1 Å². The van der Waals surface area contributed by atoms with Gasteiger partial charge >= 0.3 is 5.97 Å². The smallest absolute Gasteiger partial charge is 0.340 e. The van der Waals surface area contributed by atoms with Gasteiger partial charge in [-0.2, -0.15) is 0 Å². The maximum absolute atomic E-state index is 12.5. The number of aromatic amines is 1. The fourth-order valence-corrected chi connectivity index (χ4v) is 2.46. The van der Waals surface area contributed by atoms with E-state index in [4.69, 9.17) is 10.5 Å². The second kappa shape index (κ2) is 6.37. The molecule has 0 radical (unpaired) electrons. The summed E-state index contributed by atoms with van der Waals surface area (Å²) in [5.41, 5.74) is 5.97. The summed E-state index contributed by atoms with van der Waals surface area (Å²) in [6.45, 7) is 0. The van der Waals surface area contributed by atoms with E-state index in [2.05, 4.69) is 4.98 Å². The van der Waals surface area contributed by atoms with Gasteiger partial charge in [0.15, 0.2) is 0 Å². The SMILES string of the molecule is NC(=O)[C@@H](OC(=O)c1cc(=O)[nH]c2ccccc12)c1ccccc1. The van der Waals surface area contributed by atoms with Crippen molar-refractivity contribution >= 4 is 22.8 Å². The molecule has 3 N–H and O–H groups in total. The van der Waals surface area contributed by atoms with Crippen molar-refractivity contribution in [2.24, 2.45) is 5.73 Å². The fourth-order valence-electron chi connectivity index (χ4n) is 2.46. The first-order chi connectivity index (χ1) is 11.6. The predicted octanol–water partition coefficient (Wildman–Crippen LogP) is 1.91. The number of hydrogen-bond acceptors (Lipinski definition) is 4. The number of ether oxygens (including phenoxy) is 1. The molecule has 6 heteroatoms. The summed E-state index contributed by atoms with van der Waals surface area (Å²) < 4.78 is 5.28. The molecular formula is C18H14N2O4. The summed E-state index contributed by atoms with van der Waals surface area (Å²) in [5, 5.41) is 0.526. The van der Waals surface area contributed by atoms with Crippen LogP contribution in [0.25, 0.3) is 10.9 Å². The number of nitrogens with two attached hydrogens (primary N) is 1. The molecule has 0 fully saturated rings. The highest BCUT2D eigenvalue weighted by Gasteiger charge is 2.24. The minimum atomic E-state index is -1.23. The second-order valence-corrected chi connectivity index (χ2v) is 5.19. The first-order valence-electron chi connectivity index (χ1n) is 7.23. The molecular weight excluding hydrogens is 308 g/mol. The van der Waals surface area contributed by atoms with Crippen LogP contribution < -0.4 is 11.3 Å². The van der Waals surface area contributed by atoms with Crippen molar-refractivity contribution in [3.63, 3.8) is 0 Å². The van der Waals surface area contributed by atoms with Crippen LogP contribution in [0.5, 0.6) is 0 Å². The predicted molar refractivity (Wildman–Crippen MR) is 88.4 cm³/mol. The number of esters is 1. The molecule has 0 unspecified atom stereocenters. The van der Waals surface area contributed by atoms with Crippen molar-refractivity contribution in [1.82, 2.24) is 4.98 Å². The molecule has 6 nitrogen and oxygen atoms in total. The number of carbonyl (C=O) groups is 2. The molecule has 0 aliphatic heterocycles. The number of para-hydroxylation sites is 1. The molecule has 3 rings (SSSR count). The molecule has 1 amide bonds. The first-order valence-corrected chi connectivity index (χ1v) is 7.23. The van der Waals surface area contributed by atoms with Crippen LogP contribution >= 0.6 is 0 Å². The molecule has 1 atom stereocenters. The number of primary amides is 1. The van der Waals surface area contributed by atoms with Gasteiger partial charge in [0.1, 0.15) is 0 Å². The Kier molecular flexibility index (Phi) is 4.11. The van der Waals surface area contributed by atoms with Gasteiger partial charge in [-0.15, -0.1) is 0 Å². The van der Waals surface area contributed by atoms with Crippen LogP contribution in [0.1, 0.15) is 22.0 Å². The van der Waals surface area contributed by atoms with Gasteiger partial charge in [-0.05, 0) is 6.07 Å². The Morgan fingerprint density at radius 3 is 2.38 bits per heavy atom. The van der Waals surface area contributed by atoms with Crippen LogP contribution in [0.15, 0.2) is 65.5 Å². The number of pyridine rings is 1. The molecule has 0 bridgehead atoms. The van der Waals surface area contributed by atoms with Crippen molar-refractivity contribution in [3.8, 4) is 0 Å². The molecule has 1 heterocycles. The summed E-state index contributed by atoms with van der Waals surface area (Å²) in [6.07, 6.45) is -1.23. The number of hydrogen-bond donors (Lipinski definition) is 2. The Labute approximate surface area is 136 Å². The molecule has 0 saturated heterocycles. The second-order valence-electron chi connectivity index (χ2n) is 5.19. The number of carbonyl (C=O) groups excluding carboxylic acids is 2. The van der Waals surface area contributed by atoms with Crippen molar-refractivity contribution < 1.29 is 14.3 Å². The van der Waals surface area contributed by atoms with E-state index < -0.39 is 23.5 Å². The van der Waals surface area contributed by atoms with Crippen LogP contribution in [0.2, 0.25) is 0 Å². The Morgan fingerprint density at radius 1 is 1.00 bits per heavy atom. The fraction of sp³-hybridized carbons (Fsp3) is 0.0556. The van der Waals surface area contributed by atoms with E-state index in [1.165, 1.54) is 0 Å². The Morgan fingerprint density at radius 2 is 1.67 bits per heavy atom. The zero-order valence-corrected chi connectivity index (χ0v) is 12.6. The van der Waals surface area contributed by atoms with Crippen LogP contribution in [0.3, 0.4) is 0 Å². The number of benzene rings is 2. The highest BCUT2D eigenvalue weighted by Crippen LogP contribution is 2.21. The van der Waals surface area contributed by atoms with Crippen molar-refractivity contribution in [1.29, 1.82) is 0 Å². The average Bonchev–Trinajstić information content (AvgIpc) is 2.59. The average molecular weight is 322 g/mol. The molecule has 0 aliphatic carbocycles. The van der Waals surface area contributed by atoms with Crippen molar-refractivity contribution in [2.75, 3.05) is 0 Å². The van der Waals surface area contributed by atoms with Gasteiger partial charge in [0.05, 0.1) is 5.56 Å². The van der Waals surface area contributed by atoms with E-state index in [9.17, 15) is 14.4 Å². The molecule has 1 aromatic heterocycles. The number of fused-ring (bicyclic) bond motifs is 1. The standard InChI is InChI=1S/C18H14N2O4/c19-17(22)16(11-6-2-1-3-7-11)24-18(23)13-10-15(21)20-14-9-5-4-8-12(13)14/h1-10,16H,(H2,19,22)(H,20,21)/t16-/m0/s1. The molecule has 0 aliphatic rings. The number of amides is 1. The number of aromatic nitrogens is 1. The zero-order chi connectivity index (χ0) is 17.1.